The molecule has 58 heavy (non-hydrogen) atoms. The maximum atomic E-state index is 13.8. The van der Waals surface area contributed by atoms with E-state index in [1.54, 1.807) is 29.6 Å². The number of nitrogens with zero attached hydrogens (tertiary/aromatic N) is 6. The third-order valence-electron chi connectivity index (χ3n) is 9.34. The second kappa shape index (κ2) is 22.6. The molecule has 6 rings (SSSR count). The Balaban J connectivity index is 0.00000142. The zero-order valence-electron chi connectivity index (χ0n) is 35.2. The van der Waals surface area contributed by atoms with E-state index < -0.39 is 12.1 Å². The van der Waals surface area contributed by atoms with Crippen LogP contribution in [0.25, 0.3) is 33.6 Å². The number of carbonyl (C=O) groups is 3. The van der Waals surface area contributed by atoms with Gasteiger partial charge in [0.2, 0.25) is 17.8 Å². The minimum atomic E-state index is -0.646. The van der Waals surface area contributed by atoms with E-state index in [4.69, 9.17) is 4.98 Å². The molecule has 1 aliphatic rings. The first kappa shape index (κ1) is 44.7. The van der Waals surface area contributed by atoms with E-state index in [-0.39, 0.29) is 30.3 Å². The van der Waals surface area contributed by atoms with Gasteiger partial charge in [0.1, 0.15) is 24.2 Å². The fourth-order valence-corrected chi connectivity index (χ4v) is 6.52. The first-order chi connectivity index (χ1) is 28.1. The second-order valence-electron chi connectivity index (χ2n) is 14.1. The van der Waals surface area contributed by atoms with Crippen LogP contribution in [0.5, 0.6) is 0 Å². The van der Waals surface area contributed by atoms with Gasteiger partial charge in [-0.15, -0.1) is 0 Å². The van der Waals surface area contributed by atoms with E-state index in [9.17, 15) is 14.4 Å². The van der Waals surface area contributed by atoms with Crippen molar-refractivity contribution in [1.29, 1.82) is 0 Å². The van der Waals surface area contributed by atoms with Crippen molar-refractivity contribution < 1.29 is 19.1 Å². The van der Waals surface area contributed by atoms with Gasteiger partial charge in [-0.3, -0.25) is 9.59 Å². The number of amides is 3. The molecular formula is C44H60N10O4. The van der Waals surface area contributed by atoms with Gasteiger partial charge in [-0.05, 0) is 53.5 Å². The van der Waals surface area contributed by atoms with Gasteiger partial charge >= 0.3 is 6.09 Å². The predicted molar refractivity (Wildman–Crippen MR) is 228 cm³/mol. The predicted octanol–water partition coefficient (Wildman–Crippen LogP) is 8.26. The number of hydrogen-bond acceptors (Lipinski definition) is 9. The fourth-order valence-electron chi connectivity index (χ4n) is 6.52. The van der Waals surface area contributed by atoms with Crippen LogP contribution in [0.4, 0.5) is 10.7 Å². The summed E-state index contributed by atoms with van der Waals surface area (Å²) in [5.41, 5.74) is 5.85. The Kier molecular flexibility index (Phi) is 17.4. The van der Waals surface area contributed by atoms with Gasteiger partial charge in [0.05, 0.1) is 43.5 Å². The van der Waals surface area contributed by atoms with E-state index in [1.807, 2.05) is 57.8 Å². The van der Waals surface area contributed by atoms with Gasteiger partial charge in [-0.1, -0.05) is 103 Å². The maximum Gasteiger partial charge on any atom is 0.407 e. The summed E-state index contributed by atoms with van der Waals surface area (Å²) in [5, 5.41) is 5.68. The molecule has 2 atom stereocenters. The Morgan fingerprint density at radius 2 is 1.43 bits per heavy atom. The Morgan fingerprint density at radius 1 is 0.862 bits per heavy atom. The minimum Gasteiger partial charge on any atom is -0.453 e. The lowest BCUT2D eigenvalue weighted by Gasteiger charge is -2.30. The van der Waals surface area contributed by atoms with Crippen molar-refractivity contribution in [2.75, 3.05) is 32.1 Å². The quantitative estimate of drug-likeness (QED) is 0.0863. The van der Waals surface area contributed by atoms with Gasteiger partial charge in [-0.2, -0.15) is 0 Å². The number of benzene rings is 2. The molecule has 0 bridgehead atoms. The van der Waals surface area contributed by atoms with Crippen LogP contribution < -0.4 is 10.6 Å². The minimum absolute atomic E-state index is 0.0215. The number of aromatic amines is 2. The smallest absolute Gasteiger partial charge is 0.407 e. The summed E-state index contributed by atoms with van der Waals surface area (Å²) in [6, 6.07) is 17.7. The van der Waals surface area contributed by atoms with Crippen molar-refractivity contribution in [2.45, 2.75) is 92.8 Å². The number of aromatic nitrogens is 6. The highest BCUT2D eigenvalue weighted by Gasteiger charge is 2.37. The van der Waals surface area contributed by atoms with Gasteiger partial charge in [0.15, 0.2) is 0 Å². The Bertz CT molecular complexity index is 1990. The van der Waals surface area contributed by atoms with Crippen molar-refractivity contribution >= 4 is 23.9 Å². The molecule has 1 saturated heterocycles. The topological polar surface area (TPSA) is 174 Å². The molecule has 3 aromatic heterocycles. The maximum absolute atomic E-state index is 13.8. The molecule has 5 aromatic rings. The molecule has 14 nitrogen and oxygen atoms in total. The van der Waals surface area contributed by atoms with Crippen molar-refractivity contribution in [1.82, 2.24) is 45.0 Å². The molecule has 0 spiro atoms. The number of anilines is 1. The number of nitrogens with one attached hydrogen (secondary N) is 4. The molecule has 14 heteroatoms. The van der Waals surface area contributed by atoms with Crippen molar-refractivity contribution in [3.05, 3.63) is 91.0 Å². The van der Waals surface area contributed by atoms with Crippen LogP contribution in [-0.4, -0.2) is 90.4 Å². The van der Waals surface area contributed by atoms with Gasteiger partial charge in [0.25, 0.3) is 0 Å². The number of likely N-dealkylation sites (tertiary alicyclic amines) is 1. The van der Waals surface area contributed by atoms with E-state index in [1.165, 1.54) is 13.5 Å². The van der Waals surface area contributed by atoms with Crippen LogP contribution in [0.3, 0.4) is 0 Å². The van der Waals surface area contributed by atoms with Crippen LogP contribution >= 0.6 is 0 Å². The number of alkyl carbamates (subject to hydrolysis) is 1. The van der Waals surface area contributed by atoms with Crippen LogP contribution in [0.15, 0.2) is 79.4 Å². The van der Waals surface area contributed by atoms with Crippen LogP contribution in [0.1, 0.15) is 91.8 Å². The van der Waals surface area contributed by atoms with Crippen LogP contribution in [0.2, 0.25) is 0 Å². The third kappa shape index (κ3) is 12.0. The van der Waals surface area contributed by atoms with Crippen molar-refractivity contribution in [3.63, 3.8) is 0 Å². The lowest BCUT2D eigenvalue weighted by Crippen LogP contribution is -2.45. The van der Waals surface area contributed by atoms with E-state index in [2.05, 4.69) is 90.5 Å². The summed E-state index contributed by atoms with van der Waals surface area (Å²) in [7, 11) is 1.26. The SMILES string of the molecule is CC.CCC.CCCN(Cc1ncc(-c2ccc(-c3ccc(-c4cnc(C5CCCN5C(=O)C(Nc5ncccn5)C(C)C)[nH]4)cc3)cc2)[nH]1)C(=O)CNC(=O)OC. The second-order valence-corrected chi connectivity index (χ2v) is 14.1. The average Bonchev–Trinajstić information content (AvgIpc) is 4.05. The Morgan fingerprint density at radius 3 is 2.00 bits per heavy atom. The summed E-state index contributed by atoms with van der Waals surface area (Å²) in [6.07, 6.45) is 10.0. The number of carbonyl (C=O) groups excluding carboxylic acids is 3. The van der Waals surface area contributed by atoms with E-state index in [0.29, 0.717) is 31.4 Å². The van der Waals surface area contributed by atoms with Gasteiger partial charge in [0, 0.05) is 25.5 Å². The summed E-state index contributed by atoms with van der Waals surface area (Å²) in [5.74, 6) is 1.73. The summed E-state index contributed by atoms with van der Waals surface area (Å²) < 4.78 is 4.56. The normalized spacial score (nSPS) is 13.7. The molecule has 0 saturated carbocycles. The molecule has 2 unspecified atom stereocenters. The summed E-state index contributed by atoms with van der Waals surface area (Å²) in [6.45, 7) is 15.7. The molecule has 1 fully saturated rings. The number of ether oxygens (including phenoxy) is 1. The average molecular weight is 793 g/mol. The first-order valence-corrected chi connectivity index (χ1v) is 20.4. The zero-order chi connectivity index (χ0) is 42.0. The highest BCUT2D eigenvalue weighted by atomic mass is 16.5. The molecule has 310 valence electrons. The standard InChI is InChI=1S/C39H46N10O4.C3H8.C2H6/c1-5-19-48(34(50)23-44-39(52)53-4)24-33-42-21-30(45-33)28-13-9-26(10-14-28)27-11-15-29(16-12-27)31-22-43-36(46-31)32-8-6-20-49(32)37(51)35(25(2)3)47-38-40-17-7-18-41-38;1-3-2;1-2/h7,9-18,21-22,25,32,35H,5-6,8,19-20,23-24H2,1-4H3,(H,42,45)(H,43,46)(H,44,52)(H,40,41,47);3H2,1-2H3;1-2H3. The molecular weight excluding hydrogens is 733 g/mol. The molecule has 3 amide bonds. The van der Waals surface area contributed by atoms with Crippen LogP contribution in [-0.2, 0) is 20.9 Å². The van der Waals surface area contributed by atoms with Gasteiger partial charge < -0.3 is 35.1 Å². The molecule has 1 aliphatic heterocycles. The fraction of sp³-hybridized carbons (Fsp3) is 0.432. The zero-order valence-corrected chi connectivity index (χ0v) is 35.2. The largest absolute Gasteiger partial charge is 0.453 e. The number of imidazole rings is 2. The number of hydrogen-bond donors (Lipinski definition) is 4. The molecule has 0 radical (unpaired) electrons. The Labute approximate surface area is 342 Å². The van der Waals surface area contributed by atoms with Crippen molar-refractivity contribution in [3.8, 4) is 33.6 Å². The summed E-state index contributed by atoms with van der Waals surface area (Å²) >= 11 is 0. The highest BCUT2D eigenvalue weighted by Crippen LogP contribution is 2.33. The number of rotatable bonds is 14. The number of H-pyrrole nitrogens is 2. The molecule has 0 aliphatic carbocycles. The van der Waals surface area contributed by atoms with E-state index in [0.717, 1.165) is 58.7 Å². The van der Waals surface area contributed by atoms with E-state index >= 15 is 0 Å². The molecule has 4 N–H and O–H groups in total. The summed E-state index contributed by atoms with van der Waals surface area (Å²) in [4.78, 5) is 66.0. The number of methoxy groups -OCH3 is 1. The Hall–Kier alpha value is -6.05. The third-order valence-corrected chi connectivity index (χ3v) is 9.34. The van der Waals surface area contributed by atoms with Crippen molar-refractivity contribution in [2.24, 2.45) is 5.92 Å². The van der Waals surface area contributed by atoms with Gasteiger partial charge in [-0.25, -0.2) is 24.7 Å². The van der Waals surface area contributed by atoms with Crippen LogP contribution in [0, 0.1) is 5.92 Å². The lowest BCUT2D eigenvalue weighted by molar-refractivity contribution is -0.134. The monoisotopic (exact) mass is 792 g/mol. The molecule has 4 heterocycles. The lowest BCUT2D eigenvalue weighted by atomic mass is 10.0. The first-order valence-electron chi connectivity index (χ1n) is 20.4. The molecule has 2 aromatic carbocycles. The highest BCUT2D eigenvalue weighted by molar-refractivity contribution is 5.85.